The third-order valence-electron chi connectivity index (χ3n) is 2.65. The van der Waals surface area contributed by atoms with E-state index in [9.17, 15) is 4.79 Å². The topological polar surface area (TPSA) is 29.5 Å². The summed E-state index contributed by atoms with van der Waals surface area (Å²) < 4.78 is 5.58. The number of anilines is 1. The van der Waals surface area contributed by atoms with Gasteiger partial charge in [-0.05, 0) is 39.8 Å². The normalized spacial score (nSPS) is 20.4. The van der Waals surface area contributed by atoms with Crippen molar-refractivity contribution in [3.05, 3.63) is 24.3 Å². The highest BCUT2D eigenvalue weighted by atomic mass is 16.5. The predicted molar refractivity (Wildman–Crippen MR) is 63.8 cm³/mol. The molecule has 3 nitrogen and oxygen atoms in total. The van der Waals surface area contributed by atoms with E-state index in [1.165, 1.54) is 0 Å². The van der Waals surface area contributed by atoms with Crippen molar-refractivity contribution >= 4 is 11.6 Å². The molecule has 0 aliphatic carbocycles. The summed E-state index contributed by atoms with van der Waals surface area (Å²) >= 11 is 0. The maximum atomic E-state index is 12.1. The average molecular weight is 219 g/mol. The van der Waals surface area contributed by atoms with Gasteiger partial charge in [0, 0.05) is 5.54 Å². The Morgan fingerprint density at radius 3 is 2.50 bits per heavy atom. The van der Waals surface area contributed by atoms with Gasteiger partial charge in [-0.3, -0.25) is 4.79 Å². The van der Waals surface area contributed by atoms with Gasteiger partial charge in [0.05, 0.1) is 5.69 Å². The molecular formula is C13H17NO2. The maximum Gasteiger partial charge on any atom is 0.268 e. The minimum Gasteiger partial charge on any atom is -0.479 e. The number of ether oxygens (including phenoxy) is 1. The third kappa shape index (κ3) is 1.66. The molecule has 1 atom stereocenters. The molecule has 1 amide bonds. The van der Waals surface area contributed by atoms with Crippen LogP contribution in [0.2, 0.25) is 0 Å². The lowest BCUT2D eigenvalue weighted by atomic mass is 10.0. The molecule has 1 aliphatic rings. The highest BCUT2D eigenvalue weighted by Gasteiger charge is 2.37. The monoisotopic (exact) mass is 219 g/mol. The molecule has 0 aromatic heterocycles. The zero-order valence-corrected chi connectivity index (χ0v) is 10.2. The minimum atomic E-state index is -0.408. The highest BCUT2D eigenvalue weighted by molar-refractivity contribution is 6.00. The summed E-state index contributed by atoms with van der Waals surface area (Å²) in [4.78, 5) is 14.0. The van der Waals surface area contributed by atoms with Crippen LogP contribution >= 0.6 is 0 Å². The van der Waals surface area contributed by atoms with Gasteiger partial charge in [-0.1, -0.05) is 12.1 Å². The molecule has 86 valence electrons. The number of carbonyl (C=O) groups excluding carboxylic acids is 1. The Hall–Kier alpha value is -1.51. The van der Waals surface area contributed by atoms with Gasteiger partial charge in [-0.25, -0.2) is 0 Å². The van der Waals surface area contributed by atoms with Crippen molar-refractivity contribution in [1.29, 1.82) is 0 Å². The Labute approximate surface area is 96.0 Å². The Morgan fingerprint density at radius 2 is 1.88 bits per heavy atom. The lowest BCUT2D eigenvalue weighted by molar-refractivity contribution is -0.126. The summed E-state index contributed by atoms with van der Waals surface area (Å²) in [6.07, 6.45) is -0.408. The third-order valence-corrected chi connectivity index (χ3v) is 2.65. The van der Waals surface area contributed by atoms with Gasteiger partial charge in [0.1, 0.15) is 5.75 Å². The van der Waals surface area contributed by atoms with E-state index in [0.29, 0.717) is 0 Å². The number of fused-ring (bicyclic) bond motifs is 1. The first-order valence-corrected chi connectivity index (χ1v) is 5.51. The molecule has 0 spiro atoms. The van der Waals surface area contributed by atoms with Crippen molar-refractivity contribution in [2.75, 3.05) is 4.90 Å². The van der Waals surface area contributed by atoms with Crippen LogP contribution in [0.1, 0.15) is 27.7 Å². The number of rotatable bonds is 0. The van der Waals surface area contributed by atoms with E-state index in [-0.39, 0.29) is 11.4 Å². The first-order chi connectivity index (χ1) is 7.41. The quantitative estimate of drug-likeness (QED) is 0.671. The van der Waals surface area contributed by atoms with Crippen molar-refractivity contribution in [1.82, 2.24) is 0 Å². The van der Waals surface area contributed by atoms with Crippen molar-refractivity contribution in [3.63, 3.8) is 0 Å². The van der Waals surface area contributed by atoms with Crippen LogP contribution in [0.3, 0.4) is 0 Å². The van der Waals surface area contributed by atoms with E-state index in [4.69, 9.17) is 4.74 Å². The first-order valence-electron chi connectivity index (χ1n) is 5.51. The summed E-state index contributed by atoms with van der Waals surface area (Å²) in [5.74, 6) is 0.802. The van der Waals surface area contributed by atoms with Gasteiger partial charge in [-0.2, -0.15) is 0 Å². The molecule has 1 heterocycles. The van der Waals surface area contributed by atoms with E-state index in [0.717, 1.165) is 11.4 Å². The van der Waals surface area contributed by atoms with Crippen LogP contribution in [0.4, 0.5) is 5.69 Å². The zero-order valence-electron chi connectivity index (χ0n) is 10.2. The minimum absolute atomic E-state index is 0.0196. The number of hydrogen-bond acceptors (Lipinski definition) is 2. The number of para-hydroxylation sites is 2. The number of nitrogens with zero attached hydrogens (tertiary/aromatic N) is 1. The summed E-state index contributed by atoms with van der Waals surface area (Å²) in [7, 11) is 0. The molecule has 2 rings (SSSR count). The summed E-state index contributed by atoms with van der Waals surface area (Å²) in [6.45, 7) is 7.87. The molecule has 16 heavy (non-hydrogen) atoms. The van der Waals surface area contributed by atoms with Crippen molar-refractivity contribution < 1.29 is 9.53 Å². The smallest absolute Gasteiger partial charge is 0.268 e. The lowest BCUT2D eigenvalue weighted by Gasteiger charge is -2.41. The Balaban J connectivity index is 2.55. The van der Waals surface area contributed by atoms with Gasteiger partial charge >= 0.3 is 0 Å². The number of benzene rings is 1. The second-order valence-corrected chi connectivity index (χ2v) is 5.07. The van der Waals surface area contributed by atoms with Crippen LogP contribution in [0.25, 0.3) is 0 Å². The van der Waals surface area contributed by atoms with Crippen molar-refractivity contribution in [2.24, 2.45) is 0 Å². The number of carbonyl (C=O) groups is 1. The fraction of sp³-hybridized carbons (Fsp3) is 0.462. The van der Waals surface area contributed by atoms with E-state index in [1.807, 2.05) is 49.9 Å². The average Bonchev–Trinajstić information content (AvgIpc) is 2.17. The molecule has 1 aliphatic heterocycles. The van der Waals surface area contributed by atoms with E-state index in [2.05, 4.69) is 0 Å². The maximum absolute atomic E-state index is 12.1. The molecule has 1 aromatic carbocycles. The molecule has 0 saturated carbocycles. The Bertz CT molecular complexity index is 420. The van der Waals surface area contributed by atoms with Crippen LogP contribution in [0.5, 0.6) is 5.75 Å². The lowest BCUT2D eigenvalue weighted by Crippen LogP contribution is -2.53. The molecule has 1 unspecified atom stereocenters. The Morgan fingerprint density at radius 1 is 1.25 bits per heavy atom. The van der Waals surface area contributed by atoms with Crippen LogP contribution in [0.15, 0.2) is 24.3 Å². The highest BCUT2D eigenvalue weighted by Crippen LogP contribution is 2.37. The molecular weight excluding hydrogens is 202 g/mol. The van der Waals surface area contributed by atoms with Crippen LogP contribution in [-0.2, 0) is 4.79 Å². The predicted octanol–water partition coefficient (Wildman–Crippen LogP) is 2.60. The van der Waals surface area contributed by atoms with Gasteiger partial charge in [0.15, 0.2) is 6.10 Å². The second kappa shape index (κ2) is 3.51. The van der Waals surface area contributed by atoms with Crippen LogP contribution in [-0.4, -0.2) is 17.6 Å². The summed E-state index contributed by atoms with van der Waals surface area (Å²) in [5, 5.41) is 0. The van der Waals surface area contributed by atoms with E-state index in [1.54, 1.807) is 6.92 Å². The largest absolute Gasteiger partial charge is 0.479 e. The fourth-order valence-electron chi connectivity index (χ4n) is 1.97. The molecule has 0 bridgehead atoms. The van der Waals surface area contributed by atoms with Crippen molar-refractivity contribution in [2.45, 2.75) is 39.3 Å². The fourth-order valence-corrected chi connectivity index (χ4v) is 1.97. The van der Waals surface area contributed by atoms with Gasteiger partial charge in [0.25, 0.3) is 5.91 Å². The van der Waals surface area contributed by atoms with Gasteiger partial charge < -0.3 is 9.64 Å². The van der Waals surface area contributed by atoms with Crippen LogP contribution < -0.4 is 9.64 Å². The number of amides is 1. The standard InChI is InChI=1S/C13H17NO2/c1-9-12(15)14(13(2,3)4)10-7-5-6-8-11(10)16-9/h5-9H,1-4H3. The molecule has 1 aromatic rings. The zero-order chi connectivity index (χ0) is 11.9. The molecule has 0 N–H and O–H groups in total. The molecule has 0 fully saturated rings. The van der Waals surface area contributed by atoms with Gasteiger partial charge in [-0.15, -0.1) is 0 Å². The van der Waals surface area contributed by atoms with E-state index < -0.39 is 6.10 Å². The van der Waals surface area contributed by atoms with Crippen molar-refractivity contribution in [3.8, 4) is 5.75 Å². The van der Waals surface area contributed by atoms with Gasteiger partial charge in [0.2, 0.25) is 0 Å². The first kappa shape index (κ1) is 11.0. The Kier molecular flexibility index (Phi) is 2.41. The van der Waals surface area contributed by atoms with E-state index >= 15 is 0 Å². The summed E-state index contributed by atoms with van der Waals surface area (Å²) in [5.41, 5.74) is 0.628. The molecule has 0 radical (unpaired) electrons. The number of hydrogen-bond donors (Lipinski definition) is 0. The summed E-state index contributed by atoms with van der Waals surface area (Å²) in [6, 6.07) is 7.66. The van der Waals surface area contributed by atoms with Crippen LogP contribution in [0, 0.1) is 0 Å². The second-order valence-electron chi connectivity index (χ2n) is 5.07. The molecule has 3 heteroatoms. The molecule has 0 saturated heterocycles. The SMILES string of the molecule is CC1Oc2ccccc2N(C(C)(C)C)C1=O.